The number of benzene rings is 1. The van der Waals surface area contributed by atoms with Crippen molar-refractivity contribution in [2.75, 3.05) is 24.7 Å². The maximum absolute atomic E-state index is 13.3. The number of nitrogens with two attached hydrogens (primary N) is 1. The van der Waals surface area contributed by atoms with Crippen molar-refractivity contribution in [2.45, 2.75) is 32.3 Å². The first kappa shape index (κ1) is 14.6. The summed E-state index contributed by atoms with van der Waals surface area (Å²) in [5.74, 6) is -0.372. The molecule has 1 aromatic carbocycles. The van der Waals surface area contributed by atoms with E-state index in [9.17, 15) is 9.50 Å². The molecule has 0 aliphatic carbocycles. The lowest BCUT2D eigenvalue weighted by molar-refractivity contribution is 0.0637. The fraction of sp³-hybridized carbons (Fsp3) is 0.538. The van der Waals surface area contributed by atoms with Crippen molar-refractivity contribution in [1.82, 2.24) is 0 Å². The molecule has 1 atom stereocenters. The molecule has 4 N–H and O–H groups in total. The van der Waals surface area contributed by atoms with Crippen molar-refractivity contribution in [3.63, 3.8) is 0 Å². The van der Waals surface area contributed by atoms with Crippen molar-refractivity contribution in [2.24, 2.45) is 0 Å². The molecule has 0 aliphatic heterocycles. The lowest BCUT2D eigenvalue weighted by atomic mass is 10.0. The van der Waals surface area contributed by atoms with Gasteiger partial charge in [-0.1, -0.05) is 13.3 Å². The van der Waals surface area contributed by atoms with Crippen LogP contribution in [-0.4, -0.2) is 24.4 Å². The molecule has 102 valence electrons. The van der Waals surface area contributed by atoms with E-state index in [-0.39, 0.29) is 5.75 Å². The Morgan fingerprint density at radius 2 is 2.17 bits per heavy atom. The van der Waals surface area contributed by atoms with Gasteiger partial charge in [-0.05, 0) is 13.3 Å². The normalized spacial score (nSPS) is 14.1. The largest absolute Gasteiger partial charge is 0.494 e. The lowest BCUT2D eigenvalue weighted by Crippen LogP contribution is -2.33. The van der Waals surface area contributed by atoms with Crippen molar-refractivity contribution in [3.8, 4) is 5.75 Å². The Kier molecular flexibility index (Phi) is 4.78. The molecule has 0 saturated heterocycles. The third kappa shape index (κ3) is 3.77. The minimum Gasteiger partial charge on any atom is -0.494 e. The van der Waals surface area contributed by atoms with E-state index >= 15 is 0 Å². The van der Waals surface area contributed by atoms with Crippen molar-refractivity contribution < 1.29 is 14.2 Å². The molecular weight excluding hydrogens is 235 g/mol. The zero-order valence-electron chi connectivity index (χ0n) is 11.1. The van der Waals surface area contributed by atoms with Gasteiger partial charge in [0.15, 0.2) is 11.6 Å². The van der Waals surface area contributed by atoms with E-state index in [0.29, 0.717) is 24.3 Å². The highest BCUT2D eigenvalue weighted by molar-refractivity contribution is 5.68. The average molecular weight is 256 g/mol. The molecule has 0 spiro atoms. The van der Waals surface area contributed by atoms with E-state index in [1.165, 1.54) is 19.2 Å². The zero-order chi connectivity index (χ0) is 13.8. The van der Waals surface area contributed by atoms with Gasteiger partial charge in [0.1, 0.15) is 0 Å². The summed E-state index contributed by atoms with van der Waals surface area (Å²) in [4.78, 5) is 0. The van der Waals surface area contributed by atoms with Crippen LogP contribution in [0.15, 0.2) is 12.1 Å². The molecule has 4 nitrogen and oxygen atoms in total. The third-order valence-electron chi connectivity index (χ3n) is 2.77. The number of rotatable bonds is 6. The Morgan fingerprint density at radius 3 is 2.72 bits per heavy atom. The molecule has 1 rings (SSSR count). The number of methoxy groups -OCH3 is 1. The first-order valence-corrected chi connectivity index (χ1v) is 5.99. The van der Waals surface area contributed by atoms with Crippen molar-refractivity contribution in [3.05, 3.63) is 17.9 Å². The molecule has 0 saturated carbocycles. The fourth-order valence-electron chi connectivity index (χ4n) is 1.79. The van der Waals surface area contributed by atoms with E-state index in [4.69, 9.17) is 10.5 Å². The highest BCUT2D eigenvalue weighted by Gasteiger charge is 2.19. The Labute approximate surface area is 107 Å². The first-order valence-electron chi connectivity index (χ1n) is 5.99. The van der Waals surface area contributed by atoms with Crippen LogP contribution in [0, 0.1) is 5.82 Å². The monoisotopic (exact) mass is 256 g/mol. The van der Waals surface area contributed by atoms with Gasteiger partial charge in [0.2, 0.25) is 0 Å². The van der Waals surface area contributed by atoms with Gasteiger partial charge in [-0.3, -0.25) is 0 Å². The molecule has 0 amide bonds. The van der Waals surface area contributed by atoms with Crippen LogP contribution in [0.3, 0.4) is 0 Å². The van der Waals surface area contributed by atoms with Crippen molar-refractivity contribution >= 4 is 11.4 Å². The first-order chi connectivity index (χ1) is 8.39. The summed E-state index contributed by atoms with van der Waals surface area (Å²) in [5, 5.41) is 13.1. The molecular formula is C13H21FN2O2. The highest BCUT2D eigenvalue weighted by atomic mass is 19.1. The summed E-state index contributed by atoms with van der Waals surface area (Å²) in [5.41, 5.74) is 5.74. The molecule has 0 aliphatic rings. The predicted octanol–water partition coefficient (Wildman–Crippen LogP) is 2.38. The average Bonchev–Trinajstić information content (AvgIpc) is 2.28. The predicted molar refractivity (Wildman–Crippen MR) is 71.4 cm³/mol. The summed E-state index contributed by atoms with van der Waals surface area (Å²) >= 11 is 0. The number of anilines is 2. The number of nitrogens with one attached hydrogen (secondary N) is 1. The smallest absolute Gasteiger partial charge is 0.167 e. The number of halogens is 1. The van der Waals surface area contributed by atoms with Crippen LogP contribution in [0.1, 0.15) is 26.7 Å². The van der Waals surface area contributed by atoms with Gasteiger partial charge in [0.25, 0.3) is 0 Å². The van der Waals surface area contributed by atoms with E-state index < -0.39 is 11.4 Å². The van der Waals surface area contributed by atoms with Crippen LogP contribution in [-0.2, 0) is 0 Å². The van der Waals surface area contributed by atoms with E-state index in [1.54, 1.807) is 6.92 Å². The highest BCUT2D eigenvalue weighted by Crippen LogP contribution is 2.28. The second kappa shape index (κ2) is 5.91. The van der Waals surface area contributed by atoms with Gasteiger partial charge in [-0.25, -0.2) is 4.39 Å². The molecule has 0 radical (unpaired) electrons. The van der Waals surface area contributed by atoms with Gasteiger partial charge in [0.05, 0.1) is 24.1 Å². The Bertz CT molecular complexity index is 408. The molecule has 0 fully saturated rings. The molecule has 0 aromatic heterocycles. The Hall–Kier alpha value is -1.49. The van der Waals surface area contributed by atoms with Crippen LogP contribution in [0.5, 0.6) is 5.75 Å². The van der Waals surface area contributed by atoms with Crippen molar-refractivity contribution in [1.29, 1.82) is 0 Å². The minimum atomic E-state index is -0.817. The molecule has 18 heavy (non-hydrogen) atoms. The SMILES string of the molecule is CCCC(C)(O)CNc1cc(OC)c(F)cc1N. The molecule has 1 unspecified atom stereocenters. The summed E-state index contributed by atoms with van der Waals surface area (Å²) in [7, 11) is 1.39. The topological polar surface area (TPSA) is 67.5 Å². The fourth-order valence-corrected chi connectivity index (χ4v) is 1.79. The van der Waals surface area contributed by atoms with Crippen LogP contribution < -0.4 is 15.8 Å². The number of ether oxygens (including phenoxy) is 1. The van der Waals surface area contributed by atoms with Gasteiger partial charge in [-0.15, -0.1) is 0 Å². The summed E-state index contributed by atoms with van der Waals surface area (Å²) in [6, 6.07) is 2.70. The van der Waals surface area contributed by atoms with E-state index in [0.717, 1.165) is 6.42 Å². The molecule has 5 heteroatoms. The van der Waals surface area contributed by atoms with Crippen LogP contribution in [0.2, 0.25) is 0 Å². The number of hydrogen-bond donors (Lipinski definition) is 3. The maximum atomic E-state index is 13.3. The van der Waals surface area contributed by atoms with Gasteiger partial charge >= 0.3 is 0 Å². The third-order valence-corrected chi connectivity index (χ3v) is 2.77. The number of hydrogen-bond acceptors (Lipinski definition) is 4. The quantitative estimate of drug-likeness (QED) is 0.684. The number of aliphatic hydroxyl groups is 1. The lowest BCUT2D eigenvalue weighted by Gasteiger charge is -2.24. The van der Waals surface area contributed by atoms with E-state index in [2.05, 4.69) is 5.32 Å². The Balaban J connectivity index is 2.79. The number of nitrogen functional groups attached to an aromatic ring is 1. The minimum absolute atomic E-state index is 0.127. The molecule has 0 bridgehead atoms. The zero-order valence-corrected chi connectivity index (χ0v) is 11.1. The molecule has 1 aromatic rings. The van der Waals surface area contributed by atoms with Crippen LogP contribution in [0.4, 0.5) is 15.8 Å². The summed E-state index contributed by atoms with van der Waals surface area (Å²) < 4.78 is 18.2. The molecule has 0 heterocycles. The Morgan fingerprint density at radius 1 is 1.50 bits per heavy atom. The van der Waals surface area contributed by atoms with Crippen LogP contribution in [0.25, 0.3) is 0 Å². The maximum Gasteiger partial charge on any atom is 0.167 e. The van der Waals surface area contributed by atoms with E-state index in [1.807, 2.05) is 6.92 Å². The second-order valence-corrected chi connectivity index (χ2v) is 4.67. The standard InChI is InChI=1S/C13H21FN2O2/c1-4-5-13(2,17)8-16-11-7-12(18-3)9(14)6-10(11)15/h6-7,16-17H,4-5,8,15H2,1-3H3. The summed E-state index contributed by atoms with van der Waals surface area (Å²) in [6.45, 7) is 4.10. The van der Waals surface area contributed by atoms with Crippen LogP contribution >= 0.6 is 0 Å². The van der Waals surface area contributed by atoms with Gasteiger partial charge < -0.3 is 20.9 Å². The van der Waals surface area contributed by atoms with Gasteiger partial charge in [0, 0.05) is 18.7 Å². The summed E-state index contributed by atoms with van der Waals surface area (Å²) in [6.07, 6.45) is 1.56. The van der Waals surface area contributed by atoms with Gasteiger partial charge in [-0.2, -0.15) is 0 Å². The second-order valence-electron chi connectivity index (χ2n) is 4.67.